The Morgan fingerprint density at radius 3 is 2.10 bits per heavy atom. The minimum atomic E-state index is -0.394. The minimum Gasteiger partial charge on any atom is -0.486 e. The van der Waals surface area contributed by atoms with E-state index >= 15 is 0 Å². The van der Waals surface area contributed by atoms with E-state index in [0.29, 0.717) is 52.7 Å². The molecule has 2 amide bonds. The van der Waals surface area contributed by atoms with Crippen molar-refractivity contribution in [2.75, 3.05) is 18.1 Å². The summed E-state index contributed by atoms with van der Waals surface area (Å²) in [6.07, 6.45) is 0. The third kappa shape index (κ3) is 2.77. The van der Waals surface area contributed by atoms with Gasteiger partial charge in [-0.2, -0.15) is 0 Å². The van der Waals surface area contributed by atoms with Gasteiger partial charge in [0.1, 0.15) is 13.2 Å². The standard InChI is InChI=1S/C23H15NO5/c25-21(15-8-9-19-20(13-15)29-11-10-28-19)14-4-3-5-16(12-14)24-22(26)17-6-1-2-7-18(17)23(24)27/h1-9,12-13H,10-11H2. The molecule has 29 heavy (non-hydrogen) atoms. The van der Waals surface area contributed by atoms with Gasteiger partial charge in [0.15, 0.2) is 17.3 Å². The lowest BCUT2D eigenvalue weighted by Gasteiger charge is -2.19. The van der Waals surface area contributed by atoms with Crippen LogP contribution in [-0.2, 0) is 0 Å². The zero-order chi connectivity index (χ0) is 20.0. The average Bonchev–Trinajstić information content (AvgIpc) is 3.03. The van der Waals surface area contributed by atoms with E-state index in [1.807, 2.05) is 0 Å². The molecule has 2 aliphatic rings. The highest BCUT2D eigenvalue weighted by Gasteiger charge is 2.36. The fourth-order valence-electron chi connectivity index (χ4n) is 3.56. The van der Waals surface area contributed by atoms with Crippen LogP contribution in [0, 0.1) is 0 Å². The van der Waals surface area contributed by atoms with Crippen molar-refractivity contribution >= 4 is 23.3 Å². The highest BCUT2D eigenvalue weighted by molar-refractivity contribution is 6.34. The lowest BCUT2D eigenvalue weighted by molar-refractivity contribution is 0.0924. The molecule has 6 heteroatoms. The molecule has 5 rings (SSSR count). The van der Waals surface area contributed by atoms with Crippen LogP contribution in [-0.4, -0.2) is 30.8 Å². The third-order valence-electron chi connectivity index (χ3n) is 4.96. The van der Waals surface area contributed by atoms with Crippen molar-refractivity contribution in [2.45, 2.75) is 0 Å². The summed E-state index contributed by atoms with van der Waals surface area (Å²) in [5.74, 6) is 0.107. The average molecular weight is 385 g/mol. The number of carbonyl (C=O) groups excluding carboxylic acids is 3. The van der Waals surface area contributed by atoms with Gasteiger partial charge in [-0.1, -0.05) is 24.3 Å². The molecule has 2 aliphatic heterocycles. The van der Waals surface area contributed by atoms with Crippen LogP contribution in [0.15, 0.2) is 66.7 Å². The summed E-state index contributed by atoms with van der Waals surface area (Å²) in [4.78, 5) is 39.5. The first-order chi connectivity index (χ1) is 14.1. The van der Waals surface area contributed by atoms with E-state index < -0.39 is 11.8 Å². The second-order valence-electron chi connectivity index (χ2n) is 6.73. The summed E-state index contributed by atoms with van der Waals surface area (Å²) in [6, 6.07) is 18.2. The topological polar surface area (TPSA) is 72.9 Å². The van der Waals surface area contributed by atoms with Gasteiger partial charge in [0, 0.05) is 11.1 Å². The monoisotopic (exact) mass is 385 g/mol. The first-order valence-corrected chi connectivity index (χ1v) is 9.16. The van der Waals surface area contributed by atoms with Crippen molar-refractivity contribution in [1.29, 1.82) is 0 Å². The van der Waals surface area contributed by atoms with E-state index in [9.17, 15) is 14.4 Å². The van der Waals surface area contributed by atoms with Crippen molar-refractivity contribution < 1.29 is 23.9 Å². The van der Waals surface area contributed by atoms with Gasteiger partial charge in [-0.3, -0.25) is 14.4 Å². The summed E-state index contributed by atoms with van der Waals surface area (Å²) in [5, 5.41) is 0. The quantitative estimate of drug-likeness (QED) is 0.510. The molecule has 0 aromatic heterocycles. The fraction of sp³-hybridized carbons (Fsp3) is 0.0870. The second kappa shape index (κ2) is 6.60. The first-order valence-electron chi connectivity index (χ1n) is 9.16. The van der Waals surface area contributed by atoms with Crippen molar-refractivity contribution in [3.8, 4) is 11.5 Å². The van der Waals surface area contributed by atoms with Crippen LogP contribution in [0.25, 0.3) is 0 Å². The molecule has 0 saturated carbocycles. The Morgan fingerprint density at radius 1 is 0.724 bits per heavy atom. The van der Waals surface area contributed by atoms with Gasteiger partial charge in [-0.25, -0.2) is 4.90 Å². The van der Waals surface area contributed by atoms with E-state index in [-0.39, 0.29) is 5.78 Å². The smallest absolute Gasteiger partial charge is 0.266 e. The molecule has 0 N–H and O–H groups in total. The molecular weight excluding hydrogens is 370 g/mol. The van der Waals surface area contributed by atoms with Crippen LogP contribution >= 0.6 is 0 Å². The van der Waals surface area contributed by atoms with Crippen LogP contribution < -0.4 is 14.4 Å². The van der Waals surface area contributed by atoms with Crippen LogP contribution in [0.2, 0.25) is 0 Å². The number of anilines is 1. The summed E-state index contributed by atoms with van der Waals surface area (Å²) >= 11 is 0. The molecule has 2 heterocycles. The lowest BCUT2D eigenvalue weighted by atomic mass is 10.0. The Hall–Kier alpha value is -3.93. The number of rotatable bonds is 3. The molecular formula is C23H15NO5. The van der Waals surface area contributed by atoms with E-state index in [1.54, 1.807) is 66.7 Å². The number of ketones is 1. The van der Waals surface area contributed by atoms with Gasteiger partial charge >= 0.3 is 0 Å². The van der Waals surface area contributed by atoms with Crippen molar-refractivity contribution in [3.63, 3.8) is 0 Å². The Kier molecular flexibility index (Phi) is 3.91. The Balaban J connectivity index is 1.49. The normalized spacial score (nSPS) is 14.7. The van der Waals surface area contributed by atoms with Crippen LogP contribution in [0.5, 0.6) is 11.5 Å². The molecule has 0 atom stereocenters. The largest absolute Gasteiger partial charge is 0.486 e. The molecule has 3 aromatic carbocycles. The maximum absolute atomic E-state index is 13.0. The van der Waals surface area contributed by atoms with E-state index in [0.717, 1.165) is 4.90 Å². The molecule has 0 bridgehead atoms. The van der Waals surface area contributed by atoms with E-state index in [2.05, 4.69) is 0 Å². The van der Waals surface area contributed by atoms with Crippen molar-refractivity contribution in [3.05, 3.63) is 89.0 Å². The van der Waals surface area contributed by atoms with Crippen molar-refractivity contribution in [1.82, 2.24) is 0 Å². The molecule has 0 saturated heterocycles. The highest BCUT2D eigenvalue weighted by atomic mass is 16.6. The maximum Gasteiger partial charge on any atom is 0.266 e. The number of nitrogens with zero attached hydrogens (tertiary/aromatic N) is 1. The highest BCUT2D eigenvalue weighted by Crippen LogP contribution is 2.32. The molecule has 3 aromatic rings. The van der Waals surface area contributed by atoms with Gasteiger partial charge < -0.3 is 9.47 Å². The van der Waals surface area contributed by atoms with Crippen LogP contribution in [0.1, 0.15) is 36.6 Å². The zero-order valence-corrected chi connectivity index (χ0v) is 15.3. The molecule has 0 aliphatic carbocycles. The number of ether oxygens (including phenoxy) is 2. The molecule has 0 unspecified atom stereocenters. The number of fused-ring (bicyclic) bond motifs is 2. The van der Waals surface area contributed by atoms with Gasteiger partial charge in [0.25, 0.3) is 11.8 Å². The summed E-state index contributed by atoms with van der Waals surface area (Å²) in [5.41, 5.74) is 1.89. The first kappa shape index (κ1) is 17.2. The van der Waals surface area contributed by atoms with Gasteiger partial charge in [-0.15, -0.1) is 0 Å². The molecule has 6 nitrogen and oxygen atoms in total. The lowest BCUT2D eigenvalue weighted by Crippen LogP contribution is -2.29. The summed E-state index contributed by atoms with van der Waals surface area (Å²) in [7, 11) is 0. The van der Waals surface area contributed by atoms with Crippen LogP contribution in [0.4, 0.5) is 5.69 Å². The SMILES string of the molecule is O=C(c1cccc(N2C(=O)c3ccccc3C2=O)c1)c1ccc2c(c1)OCCO2. The minimum absolute atomic E-state index is 0.236. The van der Waals surface area contributed by atoms with E-state index in [1.165, 1.54) is 0 Å². The van der Waals surface area contributed by atoms with Gasteiger partial charge in [0.05, 0.1) is 16.8 Å². The maximum atomic E-state index is 13.0. The predicted molar refractivity (Wildman–Crippen MR) is 105 cm³/mol. The number of hydrogen-bond acceptors (Lipinski definition) is 5. The number of benzene rings is 3. The van der Waals surface area contributed by atoms with Gasteiger partial charge in [-0.05, 0) is 42.5 Å². The Morgan fingerprint density at radius 2 is 1.38 bits per heavy atom. The van der Waals surface area contributed by atoms with Crippen molar-refractivity contribution in [2.24, 2.45) is 0 Å². The van der Waals surface area contributed by atoms with Gasteiger partial charge in [0.2, 0.25) is 0 Å². The number of carbonyl (C=O) groups is 3. The number of amides is 2. The zero-order valence-electron chi connectivity index (χ0n) is 15.3. The fourth-order valence-corrected chi connectivity index (χ4v) is 3.56. The Labute approximate surface area is 166 Å². The second-order valence-corrected chi connectivity index (χ2v) is 6.73. The Bertz CT molecular complexity index is 1150. The molecule has 0 fully saturated rings. The number of imide groups is 1. The summed E-state index contributed by atoms with van der Waals surface area (Å²) in [6.45, 7) is 0.905. The summed E-state index contributed by atoms with van der Waals surface area (Å²) < 4.78 is 11.0. The van der Waals surface area contributed by atoms with Crippen LogP contribution in [0.3, 0.4) is 0 Å². The molecule has 0 spiro atoms. The van der Waals surface area contributed by atoms with E-state index in [4.69, 9.17) is 9.47 Å². The predicted octanol–water partition coefficient (Wildman–Crippen LogP) is 3.49. The molecule has 142 valence electrons. The number of hydrogen-bond donors (Lipinski definition) is 0. The molecule has 0 radical (unpaired) electrons. The third-order valence-corrected chi connectivity index (χ3v) is 4.96.